The van der Waals surface area contributed by atoms with Gasteiger partial charge in [0.15, 0.2) is 0 Å². The van der Waals surface area contributed by atoms with Gasteiger partial charge in [0.2, 0.25) is 0 Å². The van der Waals surface area contributed by atoms with Crippen molar-refractivity contribution in [3.05, 3.63) is 35.9 Å². The molecule has 0 saturated heterocycles. The molecule has 3 heteroatoms. The average molecular weight is 207 g/mol. The molecule has 0 unspecified atom stereocenters. The number of benzene rings is 1. The summed E-state index contributed by atoms with van der Waals surface area (Å²) in [5.41, 5.74) is 6.71. The Balaban J connectivity index is 2.88. The van der Waals surface area contributed by atoms with Gasteiger partial charge >= 0.3 is 5.97 Å². The van der Waals surface area contributed by atoms with Gasteiger partial charge in [0.1, 0.15) is 0 Å². The summed E-state index contributed by atoms with van der Waals surface area (Å²) in [6.07, 6.45) is 0. The molecule has 0 aromatic heterocycles. The summed E-state index contributed by atoms with van der Waals surface area (Å²) in [5, 5.41) is 0. The monoisotopic (exact) mass is 207 g/mol. The zero-order valence-corrected chi connectivity index (χ0v) is 9.14. The predicted octanol–water partition coefficient (Wildman–Crippen LogP) is 1.68. The maximum atomic E-state index is 11.7. The summed E-state index contributed by atoms with van der Waals surface area (Å²) in [6, 6.07) is 9.24. The molecule has 3 nitrogen and oxygen atoms in total. The summed E-state index contributed by atoms with van der Waals surface area (Å²) in [4.78, 5) is 11.7. The first kappa shape index (κ1) is 11.7. The van der Waals surface area contributed by atoms with Gasteiger partial charge in [0.25, 0.3) is 0 Å². The molecule has 82 valence electrons. The fourth-order valence-corrected chi connectivity index (χ4v) is 1.55. The minimum atomic E-state index is -0.369. The van der Waals surface area contributed by atoms with Crippen molar-refractivity contribution in [3.63, 3.8) is 0 Å². The predicted molar refractivity (Wildman–Crippen MR) is 59.5 cm³/mol. The standard InChI is InChI=1S/C12H17NO2/c1-3-15-12(14)11(9(2)13)10-7-5-4-6-8-10/h4-9,11H,3,13H2,1-2H3/t9-,11-/m0/s1. The Kier molecular flexibility index (Phi) is 4.31. The first-order valence-electron chi connectivity index (χ1n) is 5.14. The van der Waals surface area contributed by atoms with Gasteiger partial charge in [-0.2, -0.15) is 0 Å². The highest BCUT2D eigenvalue weighted by atomic mass is 16.5. The van der Waals surface area contributed by atoms with Crippen LogP contribution in [0.25, 0.3) is 0 Å². The van der Waals surface area contributed by atoms with Crippen LogP contribution in [0.3, 0.4) is 0 Å². The molecule has 0 saturated carbocycles. The van der Waals surface area contributed by atoms with Crippen LogP contribution < -0.4 is 5.73 Å². The molecule has 2 atom stereocenters. The molecular weight excluding hydrogens is 190 g/mol. The van der Waals surface area contributed by atoms with Gasteiger partial charge < -0.3 is 10.5 Å². The van der Waals surface area contributed by atoms with E-state index in [4.69, 9.17) is 10.5 Å². The van der Waals surface area contributed by atoms with Gasteiger partial charge in [-0.1, -0.05) is 30.3 Å². The lowest BCUT2D eigenvalue weighted by molar-refractivity contribution is -0.145. The molecule has 2 N–H and O–H groups in total. The lowest BCUT2D eigenvalue weighted by atomic mass is 9.93. The van der Waals surface area contributed by atoms with Crippen LogP contribution >= 0.6 is 0 Å². The Bertz CT molecular complexity index is 309. The van der Waals surface area contributed by atoms with Crippen molar-refractivity contribution in [2.45, 2.75) is 25.8 Å². The highest BCUT2D eigenvalue weighted by molar-refractivity contribution is 5.79. The van der Waals surface area contributed by atoms with Crippen LogP contribution in [-0.2, 0) is 9.53 Å². The van der Waals surface area contributed by atoms with E-state index in [1.807, 2.05) is 37.3 Å². The van der Waals surface area contributed by atoms with Crippen LogP contribution in [0.5, 0.6) is 0 Å². The van der Waals surface area contributed by atoms with Crippen molar-refractivity contribution < 1.29 is 9.53 Å². The average Bonchev–Trinajstić information content (AvgIpc) is 2.19. The summed E-state index contributed by atoms with van der Waals surface area (Å²) in [5.74, 6) is -0.621. The fraction of sp³-hybridized carbons (Fsp3) is 0.417. The molecule has 0 aliphatic heterocycles. The molecule has 0 bridgehead atoms. The number of nitrogens with two attached hydrogens (primary N) is 1. The number of carbonyl (C=O) groups is 1. The Morgan fingerprint density at radius 2 is 2.00 bits per heavy atom. The molecule has 0 amide bonds. The molecule has 1 aromatic rings. The van der Waals surface area contributed by atoms with Gasteiger partial charge in [-0.25, -0.2) is 0 Å². The van der Waals surface area contributed by atoms with E-state index in [1.54, 1.807) is 6.92 Å². The molecular formula is C12H17NO2. The van der Waals surface area contributed by atoms with Crippen LogP contribution in [0.15, 0.2) is 30.3 Å². The Morgan fingerprint density at radius 1 is 1.40 bits per heavy atom. The van der Waals surface area contributed by atoms with Crippen molar-refractivity contribution in [1.82, 2.24) is 0 Å². The smallest absolute Gasteiger partial charge is 0.314 e. The molecule has 0 aliphatic carbocycles. The minimum Gasteiger partial charge on any atom is -0.465 e. The first-order valence-corrected chi connectivity index (χ1v) is 5.14. The lowest BCUT2D eigenvalue weighted by Gasteiger charge is -2.19. The molecule has 15 heavy (non-hydrogen) atoms. The number of esters is 1. The molecule has 0 radical (unpaired) electrons. The summed E-state index contributed by atoms with van der Waals surface area (Å²) < 4.78 is 5.00. The summed E-state index contributed by atoms with van der Waals surface area (Å²) in [7, 11) is 0. The number of hydrogen-bond donors (Lipinski definition) is 1. The van der Waals surface area contributed by atoms with Gasteiger partial charge in [-0.15, -0.1) is 0 Å². The van der Waals surface area contributed by atoms with E-state index < -0.39 is 0 Å². The Morgan fingerprint density at radius 3 is 2.47 bits per heavy atom. The maximum Gasteiger partial charge on any atom is 0.314 e. The summed E-state index contributed by atoms with van der Waals surface area (Å²) in [6.45, 7) is 3.99. The maximum absolute atomic E-state index is 11.7. The Labute approximate surface area is 90.2 Å². The van der Waals surface area contributed by atoms with E-state index in [1.165, 1.54) is 0 Å². The highest BCUT2D eigenvalue weighted by Crippen LogP contribution is 2.19. The second-order valence-electron chi connectivity index (χ2n) is 3.50. The van der Waals surface area contributed by atoms with Crippen molar-refractivity contribution in [3.8, 4) is 0 Å². The topological polar surface area (TPSA) is 52.3 Å². The third-order valence-corrected chi connectivity index (χ3v) is 2.23. The van der Waals surface area contributed by atoms with Gasteiger partial charge in [0, 0.05) is 6.04 Å². The summed E-state index contributed by atoms with van der Waals surface area (Å²) >= 11 is 0. The molecule has 0 heterocycles. The van der Waals surface area contributed by atoms with Crippen molar-refractivity contribution in [2.75, 3.05) is 6.61 Å². The first-order chi connectivity index (χ1) is 7.16. The molecule has 1 aromatic carbocycles. The Hall–Kier alpha value is -1.35. The number of carbonyl (C=O) groups excluding carboxylic acids is 1. The van der Waals surface area contributed by atoms with Crippen LogP contribution in [-0.4, -0.2) is 18.6 Å². The van der Waals surface area contributed by atoms with Crippen molar-refractivity contribution in [1.29, 1.82) is 0 Å². The molecule has 0 spiro atoms. The van der Waals surface area contributed by atoms with E-state index >= 15 is 0 Å². The van der Waals surface area contributed by atoms with E-state index in [0.717, 1.165) is 5.56 Å². The van der Waals surface area contributed by atoms with Crippen molar-refractivity contribution >= 4 is 5.97 Å². The highest BCUT2D eigenvalue weighted by Gasteiger charge is 2.25. The second-order valence-corrected chi connectivity index (χ2v) is 3.50. The second kappa shape index (κ2) is 5.51. The lowest BCUT2D eigenvalue weighted by Crippen LogP contribution is -2.32. The molecule has 0 fully saturated rings. The van der Waals surface area contributed by atoms with Crippen LogP contribution in [0.2, 0.25) is 0 Å². The van der Waals surface area contributed by atoms with Crippen LogP contribution in [0, 0.1) is 0 Å². The number of ether oxygens (including phenoxy) is 1. The van der Waals surface area contributed by atoms with Gasteiger partial charge in [0.05, 0.1) is 12.5 Å². The van der Waals surface area contributed by atoms with E-state index in [9.17, 15) is 4.79 Å². The van der Waals surface area contributed by atoms with E-state index in [2.05, 4.69) is 0 Å². The SMILES string of the molecule is CCOC(=O)[C@H](c1ccccc1)[C@H](C)N. The largest absolute Gasteiger partial charge is 0.465 e. The fourth-order valence-electron chi connectivity index (χ4n) is 1.55. The molecule has 0 aliphatic rings. The van der Waals surface area contributed by atoms with Gasteiger partial charge in [-0.3, -0.25) is 4.79 Å². The van der Waals surface area contributed by atoms with Gasteiger partial charge in [-0.05, 0) is 19.4 Å². The zero-order chi connectivity index (χ0) is 11.3. The minimum absolute atomic E-state index is 0.244. The van der Waals surface area contributed by atoms with E-state index in [-0.39, 0.29) is 17.9 Å². The van der Waals surface area contributed by atoms with Crippen molar-refractivity contribution in [2.24, 2.45) is 5.73 Å². The normalized spacial score (nSPS) is 14.3. The third-order valence-electron chi connectivity index (χ3n) is 2.23. The quantitative estimate of drug-likeness (QED) is 0.764. The zero-order valence-electron chi connectivity index (χ0n) is 9.14. The van der Waals surface area contributed by atoms with E-state index in [0.29, 0.717) is 6.61 Å². The van der Waals surface area contributed by atoms with Crippen LogP contribution in [0.4, 0.5) is 0 Å². The number of hydrogen-bond acceptors (Lipinski definition) is 3. The third kappa shape index (κ3) is 3.06. The number of rotatable bonds is 4. The molecule has 1 rings (SSSR count). The van der Waals surface area contributed by atoms with Crippen LogP contribution in [0.1, 0.15) is 25.3 Å².